The van der Waals surface area contributed by atoms with E-state index in [9.17, 15) is 4.79 Å². The van der Waals surface area contributed by atoms with Crippen molar-refractivity contribution in [2.45, 2.75) is 25.4 Å². The van der Waals surface area contributed by atoms with Crippen LogP contribution in [0.5, 0.6) is 0 Å². The molecule has 172 valence electrons. The molecule has 1 aliphatic rings. The second kappa shape index (κ2) is 8.98. The van der Waals surface area contributed by atoms with E-state index < -0.39 is 0 Å². The predicted octanol–water partition coefficient (Wildman–Crippen LogP) is 4.36. The van der Waals surface area contributed by atoms with Gasteiger partial charge < -0.3 is 10.6 Å². The number of rotatable bonds is 7. The van der Waals surface area contributed by atoms with Gasteiger partial charge in [-0.25, -0.2) is 9.97 Å². The Morgan fingerprint density at radius 3 is 2.51 bits per heavy atom. The lowest BCUT2D eigenvalue weighted by molar-refractivity contribution is 0.0951. The first-order chi connectivity index (χ1) is 17.2. The lowest BCUT2D eigenvalue weighted by Crippen LogP contribution is -2.25. The van der Waals surface area contributed by atoms with Gasteiger partial charge in [0.1, 0.15) is 0 Å². The molecular weight excluding hydrogens is 438 g/mol. The Morgan fingerprint density at radius 2 is 1.77 bits per heavy atom. The number of nitrogens with zero attached hydrogens (tertiary/aromatic N) is 5. The quantitative estimate of drug-likeness (QED) is 0.374. The van der Waals surface area contributed by atoms with Crippen LogP contribution in [-0.2, 0) is 6.54 Å². The first kappa shape index (κ1) is 21.0. The summed E-state index contributed by atoms with van der Waals surface area (Å²) in [5, 5.41) is 6.46. The van der Waals surface area contributed by atoms with Crippen molar-refractivity contribution in [3.63, 3.8) is 0 Å². The van der Waals surface area contributed by atoms with Crippen molar-refractivity contribution < 1.29 is 4.79 Å². The third kappa shape index (κ3) is 4.46. The molecule has 1 aromatic carbocycles. The van der Waals surface area contributed by atoms with Crippen LogP contribution >= 0.6 is 0 Å². The molecule has 4 heterocycles. The van der Waals surface area contributed by atoms with E-state index in [0.717, 1.165) is 46.6 Å². The fourth-order valence-corrected chi connectivity index (χ4v) is 3.96. The summed E-state index contributed by atoms with van der Waals surface area (Å²) in [6.45, 7) is 0.573. The van der Waals surface area contributed by atoms with Crippen molar-refractivity contribution in [1.82, 2.24) is 29.7 Å². The maximum Gasteiger partial charge on any atom is 0.251 e. The number of pyridine rings is 2. The fraction of sp³-hybridized carbons (Fsp3) is 0.148. The summed E-state index contributed by atoms with van der Waals surface area (Å²) in [5.74, 6) is 0.651. The number of anilines is 1. The van der Waals surface area contributed by atoms with E-state index in [1.54, 1.807) is 18.6 Å². The normalized spacial score (nSPS) is 13.0. The van der Waals surface area contributed by atoms with Crippen LogP contribution in [0.15, 0.2) is 85.7 Å². The molecular formula is C27H23N7O. The van der Waals surface area contributed by atoms with Crippen LogP contribution in [0, 0.1) is 0 Å². The number of aromatic nitrogens is 5. The van der Waals surface area contributed by atoms with E-state index >= 15 is 0 Å². The van der Waals surface area contributed by atoms with Gasteiger partial charge in [-0.3, -0.25) is 19.2 Å². The van der Waals surface area contributed by atoms with Gasteiger partial charge in [0.15, 0.2) is 11.5 Å². The minimum atomic E-state index is -0.0248. The van der Waals surface area contributed by atoms with Gasteiger partial charge in [-0.2, -0.15) is 0 Å². The van der Waals surface area contributed by atoms with Gasteiger partial charge in [-0.1, -0.05) is 18.2 Å². The predicted molar refractivity (Wildman–Crippen MR) is 134 cm³/mol. The zero-order valence-electron chi connectivity index (χ0n) is 18.9. The number of carbonyl (C=O) groups is 1. The van der Waals surface area contributed by atoms with Crippen LogP contribution in [0.3, 0.4) is 0 Å². The summed E-state index contributed by atoms with van der Waals surface area (Å²) in [6.07, 6.45) is 13.0. The van der Waals surface area contributed by atoms with Crippen LogP contribution in [-0.4, -0.2) is 36.3 Å². The summed E-state index contributed by atoms with van der Waals surface area (Å²) in [6, 6.07) is 15.8. The zero-order valence-corrected chi connectivity index (χ0v) is 18.9. The van der Waals surface area contributed by atoms with Crippen LogP contribution in [0.2, 0.25) is 0 Å². The third-order valence-electron chi connectivity index (χ3n) is 6.01. The van der Waals surface area contributed by atoms with Gasteiger partial charge in [-0.15, -0.1) is 0 Å². The molecule has 35 heavy (non-hydrogen) atoms. The Labute approximate surface area is 202 Å². The van der Waals surface area contributed by atoms with Crippen molar-refractivity contribution >= 4 is 17.4 Å². The van der Waals surface area contributed by atoms with Crippen molar-refractivity contribution in [2.75, 3.05) is 5.32 Å². The number of fused-ring (bicyclic) bond motifs is 1. The van der Waals surface area contributed by atoms with Gasteiger partial charge >= 0.3 is 0 Å². The minimum absolute atomic E-state index is 0.0248. The number of imidazole rings is 1. The SMILES string of the molecule is O=C(NC1CC1)c1ccc(-c2cnc3c(NCc4cccnc4)nc(-c4ccncc4)cn23)cc1. The van der Waals surface area contributed by atoms with Crippen LogP contribution in [0.1, 0.15) is 28.8 Å². The summed E-state index contributed by atoms with van der Waals surface area (Å²) in [7, 11) is 0. The van der Waals surface area contributed by atoms with Gasteiger partial charge in [-0.05, 0) is 48.7 Å². The number of benzene rings is 1. The Morgan fingerprint density at radius 1 is 0.943 bits per heavy atom. The smallest absolute Gasteiger partial charge is 0.251 e. The molecule has 0 aliphatic heterocycles. The van der Waals surface area contributed by atoms with E-state index in [0.29, 0.717) is 24.0 Å². The molecule has 5 aromatic rings. The van der Waals surface area contributed by atoms with E-state index in [2.05, 4.69) is 25.6 Å². The summed E-state index contributed by atoms with van der Waals surface area (Å²) < 4.78 is 2.04. The first-order valence-electron chi connectivity index (χ1n) is 11.6. The standard InChI is InChI=1S/C27H23N7O/c35-27(32-22-7-8-22)21-5-3-20(4-6-21)24-16-31-26-25(30-15-18-2-1-11-29-14-18)33-23(17-34(24)26)19-9-12-28-13-10-19/h1-6,9-14,16-17,22H,7-8,15H2,(H,30,33)(H,32,35). The second-order valence-corrected chi connectivity index (χ2v) is 8.59. The molecule has 2 N–H and O–H groups in total. The highest BCUT2D eigenvalue weighted by molar-refractivity contribution is 5.95. The largest absolute Gasteiger partial charge is 0.363 e. The molecule has 0 atom stereocenters. The molecule has 1 amide bonds. The first-order valence-corrected chi connectivity index (χ1v) is 11.6. The van der Waals surface area contributed by atoms with Crippen LogP contribution in [0.25, 0.3) is 28.2 Å². The maximum absolute atomic E-state index is 12.4. The molecule has 0 bridgehead atoms. The van der Waals surface area contributed by atoms with Crippen molar-refractivity contribution in [1.29, 1.82) is 0 Å². The summed E-state index contributed by atoms with van der Waals surface area (Å²) in [4.78, 5) is 30.3. The molecule has 8 nitrogen and oxygen atoms in total. The Balaban J connectivity index is 1.38. The molecule has 8 heteroatoms. The monoisotopic (exact) mass is 461 g/mol. The van der Waals surface area contributed by atoms with Crippen molar-refractivity contribution in [3.8, 4) is 22.5 Å². The Hall–Kier alpha value is -4.59. The molecule has 4 aromatic heterocycles. The molecule has 0 spiro atoms. The Bertz CT molecular complexity index is 1480. The van der Waals surface area contributed by atoms with Crippen LogP contribution < -0.4 is 10.6 Å². The van der Waals surface area contributed by atoms with Crippen molar-refractivity contribution in [3.05, 3.63) is 96.8 Å². The molecule has 0 saturated heterocycles. The highest BCUT2D eigenvalue weighted by atomic mass is 16.1. The molecule has 0 unspecified atom stereocenters. The average molecular weight is 462 g/mol. The lowest BCUT2D eigenvalue weighted by atomic mass is 10.1. The van der Waals surface area contributed by atoms with Gasteiger partial charge in [0, 0.05) is 60.3 Å². The number of amides is 1. The second-order valence-electron chi connectivity index (χ2n) is 8.59. The van der Waals surface area contributed by atoms with Gasteiger partial charge in [0.2, 0.25) is 0 Å². The highest BCUT2D eigenvalue weighted by Crippen LogP contribution is 2.28. The molecule has 1 fully saturated rings. The Kier molecular flexibility index (Phi) is 5.38. The topological polar surface area (TPSA) is 97.1 Å². The van der Waals surface area contributed by atoms with Crippen molar-refractivity contribution in [2.24, 2.45) is 0 Å². The molecule has 1 aliphatic carbocycles. The van der Waals surface area contributed by atoms with E-state index in [-0.39, 0.29) is 5.91 Å². The maximum atomic E-state index is 12.4. The summed E-state index contributed by atoms with van der Waals surface area (Å²) in [5.41, 5.74) is 6.06. The van der Waals surface area contributed by atoms with Gasteiger partial charge in [0.25, 0.3) is 5.91 Å². The third-order valence-corrected chi connectivity index (χ3v) is 6.01. The summed E-state index contributed by atoms with van der Waals surface area (Å²) >= 11 is 0. The number of hydrogen-bond acceptors (Lipinski definition) is 6. The number of hydrogen-bond donors (Lipinski definition) is 2. The molecule has 6 rings (SSSR count). The van der Waals surface area contributed by atoms with E-state index in [4.69, 9.17) is 4.98 Å². The number of nitrogens with one attached hydrogen (secondary N) is 2. The number of carbonyl (C=O) groups excluding carboxylic acids is 1. The van der Waals surface area contributed by atoms with E-state index in [1.165, 1.54) is 0 Å². The highest BCUT2D eigenvalue weighted by Gasteiger charge is 2.23. The average Bonchev–Trinajstić information content (AvgIpc) is 3.63. The van der Waals surface area contributed by atoms with Crippen LogP contribution in [0.4, 0.5) is 5.82 Å². The molecule has 1 saturated carbocycles. The molecule has 0 radical (unpaired) electrons. The van der Waals surface area contributed by atoms with E-state index in [1.807, 2.05) is 71.5 Å². The fourth-order valence-electron chi connectivity index (χ4n) is 3.96. The van der Waals surface area contributed by atoms with Gasteiger partial charge in [0.05, 0.1) is 17.6 Å². The zero-order chi connectivity index (χ0) is 23.6. The lowest BCUT2D eigenvalue weighted by Gasteiger charge is -2.11. The minimum Gasteiger partial charge on any atom is -0.363 e.